The zero-order valence-electron chi connectivity index (χ0n) is 11.1. The Morgan fingerprint density at radius 2 is 2.26 bits per heavy atom. The van der Waals surface area contributed by atoms with Crippen molar-refractivity contribution in [3.05, 3.63) is 23.8 Å². The van der Waals surface area contributed by atoms with Crippen molar-refractivity contribution in [3.63, 3.8) is 0 Å². The molecule has 0 saturated carbocycles. The largest absolute Gasteiger partial charge is 0.493 e. The molecule has 1 aliphatic heterocycles. The quantitative estimate of drug-likeness (QED) is 0.664. The van der Waals surface area contributed by atoms with E-state index in [0.29, 0.717) is 18.7 Å². The first kappa shape index (κ1) is 13.4. The smallest absolute Gasteiger partial charge is 0.318 e. The molecule has 102 valence electrons. The number of hydrogen-bond donors (Lipinski definition) is 1. The first-order valence-corrected chi connectivity index (χ1v) is 6.30. The molecule has 1 N–H and O–H groups in total. The summed E-state index contributed by atoms with van der Waals surface area (Å²) in [5, 5.41) is 2.74. The SMILES string of the molecule is CCC(C(=O)Nc1ccc2c(c1)CCO2)C(=O)OC. The number of esters is 1. The maximum absolute atomic E-state index is 12.0. The number of benzene rings is 1. The Bertz CT molecular complexity index is 498. The average Bonchev–Trinajstić information content (AvgIpc) is 2.86. The lowest BCUT2D eigenvalue weighted by molar-refractivity contribution is -0.148. The van der Waals surface area contributed by atoms with E-state index in [1.165, 1.54) is 7.11 Å². The third kappa shape index (κ3) is 2.86. The van der Waals surface area contributed by atoms with Crippen molar-refractivity contribution >= 4 is 17.6 Å². The molecule has 1 unspecified atom stereocenters. The van der Waals surface area contributed by atoms with Crippen LogP contribution < -0.4 is 10.1 Å². The van der Waals surface area contributed by atoms with Gasteiger partial charge in [0.2, 0.25) is 5.91 Å². The molecule has 1 heterocycles. The Labute approximate surface area is 111 Å². The fourth-order valence-corrected chi connectivity index (χ4v) is 2.10. The molecule has 5 heteroatoms. The van der Waals surface area contributed by atoms with Gasteiger partial charge in [0.05, 0.1) is 13.7 Å². The molecular weight excluding hydrogens is 246 g/mol. The average molecular weight is 263 g/mol. The molecule has 0 spiro atoms. The predicted octanol–water partition coefficient (Wildman–Crippen LogP) is 1.76. The van der Waals surface area contributed by atoms with Crippen LogP contribution >= 0.6 is 0 Å². The Balaban J connectivity index is 2.08. The number of anilines is 1. The molecule has 2 rings (SSSR count). The van der Waals surface area contributed by atoms with E-state index in [2.05, 4.69) is 10.1 Å². The van der Waals surface area contributed by atoms with Gasteiger partial charge < -0.3 is 14.8 Å². The van der Waals surface area contributed by atoms with Crippen LogP contribution in [0.2, 0.25) is 0 Å². The molecule has 19 heavy (non-hydrogen) atoms. The highest BCUT2D eigenvalue weighted by Crippen LogP contribution is 2.28. The van der Waals surface area contributed by atoms with Gasteiger partial charge in [-0.25, -0.2) is 0 Å². The van der Waals surface area contributed by atoms with E-state index in [-0.39, 0.29) is 5.91 Å². The molecular formula is C14H17NO4. The highest BCUT2D eigenvalue weighted by Gasteiger charge is 2.25. The third-order valence-electron chi connectivity index (χ3n) is 3.17. The molecule has 0 aromatic heterocycles. The maximum Gasteiger partial charge on any atom is 0.318 e. The summed E-state index contributed by atoms with van der Waals surface area (Å²) < 4.78 is 10.0. The van der Waals surface area contributed by atoms with Crippen LogP contribution in [0.5, 0.6) is 5.75 Å². The second kappa shape index (κ2) is 5.73. The second-order valence-electron chi connectivity index (χ2n) is 4.39. The molecule has 5 nitrogen and oxygen atoms in total. The monoisotopic (exact) mass is 263 g/mol. The van der Waals surface area contributed by atoms with Gasteiger partial charge in [0.15, 0.2) is 0 Å². The predicted molar refractivity (Wildman–Crippen MR) is 70.1 cm³/mol. The summed E-state index contributed by atoms with van der Waals surface area (Å²) >= 11 is 0. The molecule has 1 atom stereocenters. The van der Waals surface area contributed by atoms with Crippen molar-refractivity contribution < 1.29 is 19.1 Å². The first-order valence-electron chi connectivity index (χ1n) is 6.30. The lowest BCUT2D eigenvalue weighted by Crippen LogP contribution is -2.30. The van der Waals surface area contributed by atoms with Gasteiger partial charge >= 0.3 is 5.97 Å². The summed E-state index contributed by atoms with van der Waals surface area (Å²) in [6, 6.07) is 5.48. The molecule has 0 aliphatic carbocycles. The maximum atomic E-state index is 12.0. The first-order chi connectivity index (χ1) is 9.15. The van der Waals surface area contributed by atoms with Crippen LogP contribution in [0.4, 0.5) is 5.69 Å². The van der Waals surface area contributed by atoms with Crippen molar-refractivity contribution in [3.8, 4) is 5.75 Å². The van der Waals surface area contributed by atoms with Crippen LogP contribution in [0.25, 0.3) is 0 Å². The lowest BCUT2D eigenvalue weighted by atomic mass is 10.1. The fourth-order valence-electron chi connectivity index (χ4n) is 2.10. The van der Waals surface area contributed by atoms with E-state index < -0.39 is 11.9 Å². The summed E-state index contributed by atoms with van der Waals surface area (Å²) in [6.07, 6.45) is 1.25. The number of methoxy groups -OCH3 is 1. The van der Waals surface area contributed by atoms with E-state index in [9.17, 15) is 9.59 Å². The van der Waals surface area contributed by atoms with Crippen LogP contribution in [-0.4, -0.2) is 25.6 Å². The highest BCUT2D eigenvalue weighted by atomic mass is 16.5. The van der Waals surface area contributed by atoms with E-state index in [1.54, 1.807) is 13.0 Å². The van der Waals surface area contributed by atoms with Gasteiger partial charge in [-0.2, -0.15) is 0 Å². The lowest BCUT2D eigenvalue weighted by Gasteiger charge is -2.13. The van der Waals surface area contributed by atoms with Gasteiger partial charge in [-0.15, -0.1) is 0 Å². The number of fused-ring (bicyclic) bond motifs is 1. The number of hydrogen-bond acceptors (Lipinski definition) is 4. The Hall–Kier alpha value is -2.04. The van der Waals surface area contributed by atoms with Crippen molar-refractivity contribution in [2.45, 2.75) is 19.8 Å². The molecule has 0 saturated heterocycles. The Morgan fingerprint density at radius 1 is 1.47 bits per heavy atom. The van der Waals surface area contributed by atoms with E-state index >= 15 is 0 Å². The molecule has 1 aliphatic rings. The number of ether oxygens (including phenoxy) is 2. The van der Waals surface area contributed by atoms with Gasteiger partial charge in [0.1, 0.15) is 11.7 Å². The van der Waals surface area contributed by atoms with Crippen LogP contribution in [0.1, 0.15) is 18.9 Å². The molecule has 1 aromatic rings. The van der Waals surface area contributed by atoms with Crippen LogP contribution in [0.15, 0.2) is 18.2 Å². The zero-order valence-corrected chi connectivity index (χ0v) is 11.1. The van der Waals surface area contributed by atoms with Gasteiger partial charge in [0, 0.05) is 12.1 Å². The second-order valence-corrected chi connectivity index (χ2v) is 4.39. The normalized spacial score (nSPS) is 14.2. The highest BCUT2D eigenvalue weighted by molar-refractivity contribution is 6.04. The minimum Gasteiger partial charge on any atom is -0.493 e. The number of amides is 1. The molecule has 0 radical (unpaired) electrons. The minimum absolute atomic E-state index is 0.340. The van der Waals surface area contributed by atoms with Crippen LogP contribution in [0.3, 0.4) is 0 Å². The number of carbonyl (C=O) groups is 2. The van der Waals surface area contributed by atoms with Crippen molar-refractivity contribution in [2.75, 3.05) is 19.0 Å². The molecule has 1 amide bonds. The fraction of sp³-hybridized carbons (Fsp3) is 0.429. The van der Waals surface area contributed by atoms with Crippen LogP contribution in [0, 0.1) is 5.92 Å². The Kier molecular flexibility index (Phi) is 4.04. The van der Waals surface area contributed by atoms with Crippen molar-refractivity contribution in [1.82, 2.24) is 0 Å². The summed E-state index contributed by atoms with van der Waals surface area (Å²) in [6.45, 7) is 2.45. The minimum atomic E-state index is -0.769. The van der Waals surface area contributed by atoms with Crippen molar-refractivity contribution in [2.24, 2.45) is 5.92 Å². The molecule has 1 aromatic carbocycles. The number of rotatable bonds is 4. The van der Waals surface area contributed by atoms with Gasteiger partial charge in [-0.1, -0.05) is 6.92 Å². The third-order valence-corrected chi connectivity index (χ3v) is 3.17. The standard InChI is InChI=1S/C14H17NO4/c1-3-11(14(17)18-2)13(16)15-10-4-5-12-9(8-10)6-7-19-12/h4-5,8,11H,3,6-7H2,1-2H3,(H,15,16). The van der Waals surface area contributed by atoms with E-state index in [4.69, 9.17) is 4.74 Å². The zero-order chi connectivity index (χ0) is 13.8. The number of carbonyl (C=O) groups excluding carboxylic acids is 2. The van der Waals surface area contributed by atoms with Gasteiger partial charge in [0.25, 0.3) is 0 Å². The topological polar surface area (TPSA) is 64.6 Å². The van der Waals surface area contributed by atoms with E-state index in [0.717, 1.165) is 17.7 Å². The van der Waals surface area contributed by atoms with Crippen molar-refractivity contribution in [1.29, 1.82) is 0 Å². The van der Waals surface area contributed by atoms with E-state index in [1.807, 2.05) is 12.1 Å². The summed E-state index contributed by atoms with van der Waals surface area (Å²) in [5.74, 6) is -0.759. The van der Waals surface area contributed by atoms with Gasteiger partial charge in [-0.3, -0.25) is 9.59 Å². The van der Waals surface area contributed by atoms with Gasteiger partial charge in [-0.05, 0) is 30.2 Å². The molecule has 0 fully saturated rings. The summed E-state index contributed by atoms with van der Waals surface area (Å²) in [4.78, 5) is 23.5. The molecule has 0 bridgehead atoms. The number of nitrogens with one attached hydrogen (secondary N) is 1. The summed E-state index contributed by atoms with van der Waals surface area (Å²) in [7, 11) is 1.28. The Morgan fingerprint density at radius 3 is 2.95 bits per heavy atom. The summed E-state index contributed by atoms with van der Waals surface area (Å²) in [5.41, 5.74) is 1.75. The van der Waals surface area contributed by atoms with Crippen LogP contribution in [-0.2, 0) is 20.7 Å².